The lowest BCUT2D eigenvalue weighted by atomic mass is 9.70. The largest absolute Gasteiger partial charge is 0.455 e. The number of hydrogen-bond donors (Lipinski definition) is 2. The van der Waals surface area contributed by atoms with Gasteiger partial charge in [-0.3, -0.25) is 19.2 Å². The Kier molecular flexibility index (Phi) is 14.0. The number of halogens is 1. The number of amides is 3. The molecule has 12 heteroatoms. The van der Waals surface area contributed by atoms with Gasteiger partial charge in [-0.15, -0.1) is 13.2 Å². The molecule has 1 unspecified atom stereocenters. The number of alkyl halides is 1. The molecule has 298 valence electrons. The molecule has 3 heterocycles. The predicted octanol–water partition coefficient (Wildman–Crippen LogP) is 5.96. The molecule has 0 aromatic heterocycles. The molecule has 2 bridgehead atoms. The van der Waals surface area contributed by atoms with Crippen LogP contribution in [0.4, 0.5) is 11.4 Å². The molecule has 3 saturated heterocycles. The molecule has 3 amide bonds. The molecule has 2 N–H and O–H groups in total. The summed E-state index contributed by atoms with van der Waals surface area (Å²) in [4.78, 5) is 62.5. The Morgan fingerprint density at radius 1 is 1.05 bits per heavy atom. The van der Waals surface area contributed by atoms with Gasteiger partial charge >= 0.3 is 5.97 Å². The lowest BCUT2D eigenvalue weighted by Crippen LogP contribution is -2.59. The van der Waals surface area contributed by atoms with E-state index in [0.717, 1.165) is 18.8 Å². The SMILES string of the molecule is C=CCCC(=O)N[C@@H](C)[C@H](OC(=O)[C@@H]1[C@H]2O[C@@]3(CC2Br)[C@H](C(=O)N(CC=C)c2ccc(N(CC)CC)cc2)N([C@@H](CO)CC(C)C)C(=O)[C@@H]13)c1ccccc1. The van der Waals surface area contributed by atoms with Gasteiger partial charge < -0.3 is 34.6 Å². The van der Waals surface area contributed by atoms with E-state index in [9.17, 15) is 19.5 Å². The van der Waals surface area contributed by atoms with Gasteiger partial charge in [0.25, 0.3) is 5.91 Å². The maximum absolute atomic E-state index is 15.2. The van der Waals surface area contributed by atoms with Crippen LogP contribution in [0.5, 0.6) is 0 Å². The van der Waals surface area contributed by atoms with Crippen LogP contribution in [-0.2, 0) is 28.7 Å². The molecular weight excluding hydrogens is 764 g/mol. The summed E-state index contributed by atoms with van der Waals surface area (Å²) in [5.41, 5.74) is 0.951. The first kappa shape index (κ1) is 42.1. The molecule has 3 fully saturated rings. The van der Waals surface area contributed by atoms with E-state index >= 15 is 4.79 Å². The molecule has 55 heavy (non-hydrogen) atoms. The van der Waals surface area contributed by atoms with Gasteiger partial charge in [0, 0.05) is 42.3 Å². The fraction of sp³-hybridized carbons (Fsp3) is 0.535. The third-order valence-corrected chi connectivity index (χ3v) is 12.1. The molecule has 11 nitrogen and oxygen atoms in total. The van der Waals surface area contributed by atoms with Gasteiger partial charge in [0.2, 0.25) is 11.8 Å². The van der Waals surface area contributed by atoms with E-state index < -0.39 is 59.6 Å². The summed E-state index contributed by atoms with van der Waals surface area (Å²) in [7, 11) is 0. The molecule has 0 saturated carbocycles. The molecule has 5 rings (SSSR count). The van der Waals surface area contributed by atoms with E-state index in [1.807, 2.05) is 68.4 Å². The zero-order valence-corrected chi connectivity index (χ0v) is 34.3. The van der Waals surface area contributed by atoms with Gasteiger partial charge in [0.1, 0.15) is 17.7 Å². The molecular formula is C43H57BrN4O7. The first-order valence-corrected chi connectivity index (χ1v) is 20.5. The normalized spacial score (nSPS) is 25.6. The van der Waals surface area contributed by atoms with Crippen LogP contribution >= 0.6 is 15.9 Å². The predicted molar refractivity (Wildman–Crippen MR) is 218 cm³/mol. The standard InChI is InChI=1S/C43H57BrN4O7/c1-8-12-18-34(50)45-28(7)37(29-16-14-13-15-17-29)54-42(53)35-36-40(51)48(32(26-49)24-27(5)6)39(43(36)25-33(44)38(35)55-43)41(52)47(23-9-2)31-21-19-30(20-22-31)46(10-3)11-4/h8-9,13-17,19-22,27-28,32-33,35-39,49H,1-2,10-12,18,23-26H2,3-7H3,(H,45,50)/t28-,32+,33?,35-,36+,37-,38-,39-,43+/m0/s1. The van der Waals surface area contributed by atoms with Crippen LogP contribution < -0.4 is 15.1 Å². The molecule has 1 spiro atoms. The highest BCUT2D eigenvalue weighted by molar-refractivity contribution is 9.09. The van der Waals surface area contributed by atoms with E-state index in [0.29, 0.717) is 30.5 Å². The van der Waals surface area contributed by atoms with Gasteiger partial charge in [-0.1, -0.05) is 72.3 Å². The fourth-order valence-corrected chi connectivity index (χ4v) is 9.74. The molecule has 0 aliphatic carbocycles. The van der Waals surface area contributed by atoms with Crippen LogP contribution in [-0.4, -0.2) is 94.6 Å². The summed E-state index contributed by atoms with van der Waals surface area (Å²) in [5, 5.41) is 13.8. The number of carbonyl (C=O) groups excluding carboxylic acids is 4. The van der Waals surface area contributed by atoms with Crippen LogP contribution in [0, 0.1) is 17.8 Å². The minimum Gasteiger partial charge on any atom is -0.455 e. The van der Waals surface area contributed by atoms with Crippen molar-refractivity contribution in [3.8, 4) is 0 Å². The molecule has 3 aliphatic rings. The van der Waals surface area contributed by atoms with Crippen molar-refractivity contribution in [1.29, 1.82) is 0 Å². The highest BCUT2D eigenvalue weighted by atomic mass is 79.9. The minimum atomic E-state index is -1.38. The average Bonchev–Trinajstić information content (AvgIpc) is 3.77. The Morgan fingerprint density at radius 2 is 1.71 bits per heavy atom. The number of allylic oxidation sites excluding steroid dienone is 1. The second-order valence-electron chi connectivity index (χ2n) is 15.3. The van der Waals surface area contributed by atoms with Crippen molar-refractivity contribution in [3.05, 3.63) is 85.5 Å². The zero-order valence-electron chi connectivity index (χ0n) is 32.7. The number of hydrogen-bond acceptors (Lipinski definition) is 8. The molecule has 3 aliphatic heterocycles. The fourth-order valence-electron chi connectivity index (χ4n) is 8.80. The first-order valence-electron chi connectivity index (χ1n) is 19.5. The summed E-state index contributed by atoms with van der Waals surface area (Å²) in [6, 6.07) is 14.5. The van der Waals surface area contributed by atoms with Gasteiger partial charge in [0.05, 0.1) is 36.6 Å². The van der Waals surface area contributed by atoms with Crippen LogP contribution in [0.25, 0.3) is 0 Å². The summed E-state index contributed by atoms with van der Waals surface area (Å²) in [6.45, 7) is 19.0. The van der Waals surface area contributed by atoms with Crippen LogP contribution in [0.1, 0.15) is 72.0 Å². The van der Waals surface area contributed by atoms with E-state index in [2.05, 4.69) is 53.2 Å². The molecule has 2 aromatic carbocycles. The maximum Gasteiger partial charge on any atom is 0.313 e. The summed E-state index contributed by atoms with van der Waals surface area (Å²) >= 11 is 3.77. The second-order valence-corrected chi connectivity index (χ2v) is 16.4. The lowest BCUT2D eigenvalue weighted by molar-refractivity contribution is -0.162. The minimum absolute atomic E-state index is 0.0901. The number of rotatable bonds is 19. The quantitative estimate of drug-likeness (QED) is 0.101. The average molecular weight is 822 g/mol. The highest BCUT2D eigenvalue weighted by Gasteiger charge is 2.77. The monoisotopic (exact) mass is 820 g/mol. The number of nitrogens with zero attached hydrogens (tertiary/aromatic N) is 3. The Bertz CT molecular complexity index is 1690. The highest BCUT2D eigenvalue weighted by Crippen LogP contribution is 2.61. The topological polar surface area (TPSA) is 129 Å². The zero-order chi connectivity index (χ0) is 40.0. The van der Waals surface area contributed by atoms with E-state index in [1.165, 1.54) is 4.90 Å². The van der Waals surface area contributed by atoms with Gasteiger partial charge in [0.15, 0.2) is 0 Å². The first-order chi connectivity index (χ1) is 26.4. The van der Waals surface area contributed by atoms with Gasteiger partial charge in [-0.2, -0.15) is 0 Å². The third-order valence-electron chi connectivity index (χ3n) is 11.2. The summed E-state index contributed by atoms with van der Waals surface area (Å²) in [5.74, 6) is -3.66. The van der Waals surface area contributed by atoms with Crippen molar-refractivity contribution in [2.45, 2.75) is 101 Å². The van der Waals surface area contributed by atoms with E-state index in [4.69, 9.17) is 9.47 Å². The molecule has 0 radical (unpaired) electrons. The van der Waals surface area contributed by atoms with E-state index in [1.54, 1.807) is 24.0 Å². The number of carbonyl (C=O) groups is 4. The second kappa shape index (κ2) is 18.3. The Labute approximate surface area is 334 Å². The third kappa shape index (κ3) is 8.42. The summed E-state index contributed by atoms with van der Waals surface area (Å²) in [6.07, 6.45) is 3.16. The van der Waals surface area contributed by atoms with Crippen molar-refractivity contribution < 1.29 is 33.8 Å². The van der Waals surface area contributed by atoms with Crippen LogP contribution in [0.3, 0.4) is 0 Å². The number of nitrogens with one attached hydrogen (secondary N) is 1. The lowest BCUT2D eigenvalue weighted by Gasteiger charge is -2.40. The van der Waals surface area contributed by atoms with Gasteiger partial charge in [-0.25, -0.2) is 0 Å². The van der Waals surface area contributed by atoms with Crippen LogP contribution in [0.15, 0.2) is 79.9 Å². The summed E-state index contributed by atoms with van der Waals surface area (Å²) < 4.78 is 13.1. The number of esters is 1. The smallest absolute Gasteiger partial charge is 0.313 e. The number of benzene rings is 2. The number of fused-ring (bicyclic) bond motifs is 1. The molecule has 9 atom stereocenters. The van der Waals surface area contributed by atoms with Crippen molar-refractivity contribution in [2.24, 2.45) is 17.8 Å². The number of likely N-dealkylation sites (tertiary alicyclic amines) is 1. The Hall–Kier alpha value is -4.00. The van der Waals surface area contributed by atoms with Crippen molar-refractivity contribution >= 4 is 51.0 Å². The van der Waals surface area contributed by atoms with Gasteiger partial charge in [-0.05, 0) is 75.8 Å². The van der Waals surface area contributed by atoms with Crippen LogP contribution in [0.2, 0.25) is 0 Å². The number of aliphatic hydroxyl groups excluding tert-OH is 1. The number of anilines is 2. The number of ether oxygens (including phenoxy) is 2. The maximum atomic E-state index is 15.2. The number of aliphatic hydroxyl groups is 1. The van der Waals surface area contributed by atoms with E-state index in [-0.39, 0.29) is 42.1 Å². The Morgan fingerprint density at radius 3 is 2.29 bits per heavy atom. The van der Waals surface area contributed by atoms with Crippen molar-refractivity contribution in [2.75, 3.05) is 36.0 Å². The van der Waals surface area contributed by atoms with Crippen molar-refractivity contribution in [1.82, 2.24) is 10.2 Å². The Balaban J connectivity index is 1.54. The van der Waals surface area contributed by atoms with Crippen molar-refractivity contribution in [3.63, 3.8) is 0 Å². The molecule has 2 aromatic rings.